The van der Waals surface area contributed by atoms with Gasteiger partial charge in [-0.25, -0.2) is 22.5 Å². The summed E-state index contributed by atoms with van der Waals surface area (Å²) in [7, 11) is 1.60. The van der Waals surface area contributed by atoms with Crippen molar-refractivity contribution >= 4 is 34.0 Å². The highest BCUT2D eigenvalue weighted by atomic mass is 19.3. The number of fused-ring (bicyclic) bond motifs is 1. The number of hydrogen-bond donors (Lipinski definition) is 3. The summed E-state index contributed by atoms with van der Waals surface area (Å²) >= 11 is 0. The van der Waals surface area contributed by atoms with E-state index in [1.807, 2.05) is 0 Å². The predicted octanol–water partition coefficient (Wildman–Crippen LogP) is 4.29. The molecule has 3 N–H and O–H groups in total. The monoisotopic (exact) mass is 486 g/mol. The van der Waals surface area contributed by atoms with E-state index in [0.717, 1.165) is 10.4 Å². The average Bonchev–Trinajstić information content (AvgIpc) is 3.51. The van der Waals surface area contributed by atoms with Crippen LogP contribution in [0.15, 0.2) is 47.9 Å². The van der Waals surface area contributed by atoms with Gasteiger partial charge in [0.25, 0.3) is 11.8 Å². The molecular formula is C24H22F4N6O. The Labute approximate surface area is 197 Å². The summed E-state index contributed by atoms with van der Waals surface area (Å²) in [5, 5.41) is 11.4. The number of halogens is 4. The Morgan fingerprint density at radius 1 is 1.23 bits per heavy atom. The van der Waals surface area contributed by atoms with Gasteiger partial charge in [0.1, 0.15) is 5.71 Å². The number of nitrogens with zero attached hydrogens (tertiary/aromatic N) is 3. The lowest BCUT2D eigenvalue weighted by molar-refractivity contribution is -0.112. The fourth-order valence-electron chi connectivity index (χ4n) is 4.73. The third kappa shape index (κ3) is 3.62. The zero-order valence-corrected chi connectivity index (χ0v) is 18.9. The van der Waals surface area contributed by atoms with Crippen LogP contribution in [0.1, 0.15) is 24.9 Å². The van der Waals surface area contributed by atoms with Crippen molar-refractivity contribution in [3.8, 4) is 0 Å². The standard InChI is InChI=1S/C24H22F4N6O/c1-12(30-2)18-21(29)23(35)34(13-3-5-15-16(9-13)32-11-31-15)22(18)14-4-6-17(20(26)19(14)25)33-8-7-24(27,28)10-33/h3-6,9,11,22,29-30H,7-8,10H2,1-2H3,(H,31,32)/b18-12+,29-21?. The quantitative estimate of drug-likeness (QED) is 0.481. The summed E-state index contributed by atoms with van der Waals surface area (Å²) in [5.41, 5.74) is 1.47. The fraction of sp³-hybridized carbons (Fsp3) is 0.292. The summed E-state index contributed by atoms with van der Waals surface area (Å²) in [6.45, 7) is 0.837. The minimum Gasteiger partial charge on any atom is -0.391 e. The molecule has 0 saturated carbocycles. The molecule has 11 heteroatoms. The number of alkyl halides is 2. The van der Waals surface area contributed by atoms with Crippen LogP contribution in [0.25, 0.3) is 11.0 Å². The number of carbonyl (C=O) groups is 1. The fourth-order valence-corrected chi connectivity index (χ4v) is 4.73. The number of hydrogen-bond acceptors (Lipinski definition) is 5. The highest BCUT2D eigenvalue weighted by Crippen LogP contribution is 2.43. The number of anilines is 2. The second-order valence-corrected chi connectivity index (χ2v) is 8.67. The summed E-state index contributed by atoms with van der Waals surface area (Å²) in [6, 6.07) is 6.35. The average molecular weight is 486 g/mol. The number of H-pyrrole nitrogens is 1. The molecule has 5 rings (SSSR count). The highest BCUT2D eigenvalue weighted by Gasteiger charge is 2.46. The number of aromatic amines is 1. The van der Waals surface area contributed by atoms with Gasteiger partial charge < -0.3 is 15.2 Å². The number of imidazole rings is 1. The van der Waals surface area contributed by atoms with Crippen LogP contribution in [0, 0.1) is 17.0 Å². The lowest BCUT2D eigenvalue weighted by atomic mass is 9.95. The highest BCUT2D eigenvalue weighted by molar-refractivity contribution is 6.52. The molecule has 2 aliphatic rings. The zero-order valence-electron chi connectivity index (χ0n) is 18.9. The molecule has 3 heterocycles. The summed E-state index contributed by atoms with van der Waals surface area (Å²) in [4.78, 5) is 22.7. The van der Waals surface area contributed by atoms with Gasteiger partial charge in [-0.05, 0) is 31.2 Å². The van der Waals surface area contributed by atoms with Crippen molar-refractivity contribution in [3.63, 3.8) is 0 Å². The first-order chi connectivity index (χ1) is 16.6. The van der Waals surface area contributed by atoms with E-state index in [4.69, 9.17) is 5.41 Å². The van der Waals surface area contributed by atoms with Crippen molar-refractivity contribution in [2.45, 2.75) is 25.3 Å². The maximum atomic E-state index is 15.6. The first kappa shape index (κ1) is 22.9. The van der Waals surface area contributed by atoms with E-state index < -0.39 is 42.5 Å². The Hall–Kier alpha value is -3.89. The van der Waals surface area contributed by atoms with E-state index in [-0.39, 0.29) is 29.1 Å². The van der Waals surface area contributed by atoms with Gasteiger partial charge in [-0.15, -0.1) is 0 Å². The molecular weight excluding hydrogens is 464 g/mol. The van der Waals surface area contributed by atoms with E-state index in [0.29, 0.717) is 16.9 Å². The first-order valence-corrected chi connectivity index (χ1v) is 11.0. The molecule has 2 saturated heterocycles. The van der Waals surface area contributed by atoms with Crippen LogP contribution < -0.4 is 15.1 Å². The molecule has 2 aliphatic heterocycles. The van der Waals surface area contributed by atoms with Gasteiger partial charge >= 0.3 is 0 Å². The third-order valence-electron chi connectivity index (χ3n) is 6.59. The van der Waals surface area contributed by atoms with Crippen LogP contribution in [-0.4, -0.2) is 47.6 Å². The van der Waals surface area contributed by atoms with Crippen LogP contribution in [-0.2, 0) is 4.79 Å². The van der Waals surface area contributed by atoms with Crippen molar-refractivity contribution in [2.75, 3.05) is 29.9 Å². The smallest absolute Gasteiger partial charge is 0.277 e. The lowest BCUT2D eigenvalue weighted by Crippen LogP contribution is -2.30. The van der Waals surface area contributed by atoms with Crippen LogP contribution >= 0.6 is 0 Å². The summed E-state index contributed by atoms with van der Waals surface area (Å²) in [5.74, 6) is -6.18. The van der Waals surface area contributed by atoms with Crippen molar-refractivity contribution in [2.24, 2.45) is 0 Å². The van der Waals surface area contributed by atoms with Gasteiger partial charge in [-0.2, -0.15) is 0 Å². The van der Waals surface area contributed by atoms with E-state index in [9.17, 15) is 13.6 Å². The van der Waals surface area contributed by atoms with Crippen LogP contribution in [0.2, 0.25) is 0 Å². The van der Waals surface area contributed by atoms with Crippen LogP contribution in [0.4, 0.5) is 28.9 Å². The number of aromatic nitrogens is 2. The molecule has 1 atom stereocenters. The molecule has 0 bridgehead atoms. The Morgan fingerprint density at radius 3 is 2.69 bits per heavy atom. The molecule has 0 spiro atoms. The Balaban J connectivity index is 1.66. The van der Waals surface area contributed by atoms with Crippen molar-refractivity contribution < 1.29 is 22.4 Å². The second-order valence-electron chi connectivity index (χ2n) is 8.67. The Kier molecular flexibility index (Phi) is 5.30. The number of nitrogens with one attached hydrogen (secondary N) is 3. The van der Waals surface area contributed by atoms with Gasteiger partial charge in [-0.3, -0.25) is 15.1 Å². The van der Waals surface area contributed by atoms with E-state index in [2.05, 4.69) is 15.3 Å². The molecule has 2 aromatic carbocycles. The number of carbonyl (C=O) groups excluding carboxylic acids is 1. The normalized spacial score (nSPS) is 21.4. The van der Waals surface area contributed by atoms with Gasteiger partial charge in [0.05, 0.1) is 35.6 Å². The molecule has 7 nitrogen and oxygen atoms in total. The molecule has 35 heavy (non-hydrogen) atoms. The minimum atomic E-state index is -2.98. The second kappa shape index (κ2) is 8.10. The zero-order chi connectivity index (χ0) is 25.1. The van der Waals surface area contributed by atoms with Gasteiger partial charge in [0, 0.05) is 42.5 Å². The summed E-state index contributed by atoms with van der Waals surface area (Å²) in [6.07, 6.45) is 1.05. The van der Waals surface area contributed by atoms with Crippen molar-refractivity contribution in [3.05, 3.63) is 65.1 Å². The van der Waals surface area contributed by atoms with Crippen LogP contribution in [0.5, 0.6) is 0 Å². The van der Waals surface area contributed by atoms with Crippen molar-refractivity contribution in [1.29, 1.82) is 5.41 Å². The van der Waals surface area contributed by atoms with E-state index in [1.165, 1.54) is 23.4 Å². The number of allylic oxidation sites excluding steroid dienone is 1. The maximum Gasteiger partial charge on any atom is 0.277 e. The third-order valence-corrected chi connectivity index (χ3v) is 6.59. The maximum absolute atomic E-state index is 15.6. The largest absolute Gasteiger partial charge is 0.391 e. The molecule has 3 aromatic rings. The topological polar surface area (TPSA) is 88.1 Å². The predicted molar refractivity (Wildman–Crippen MR) is 124 cm³/mol. The number of benzene rings is 2. The van der Waals surface area contributed by atoms with E-state index in [1.54, 1.807) is 32.2 Å². The minimum absolute atomic E-state index is 0.102. The molecule has 0 radical (unpaired) electrons. The molecule has 182 valence electrons. The van der Waals surface area contributed by atoms with Gasteiger partial charge in [0.2, 0.25) is 0 Å². The Morgan fingerprint density at radius 2 is 2.00 bits per heavy atom. The molecule has 1 amide bonds. The lowest BCUT2D eigenvalue weighted by Gasteiger charge is -2.27. The van der Waals surface area contributed by atoms with Crippen LogP contribution in [0.3, 0.4) is 0 Å². The molecule has 0 aliphatic carbocycles. The number of amides is 1. The Bertz CT molecular complexity index is 1400. The van der Waals surface area contributed by atoms with Gasteiger partial charge in [-0.1, -0.05) is 6.07 Å². The van der Waals surface area contributed by atoms with E-state index >= 15 is 8.78 Å². The number of rotatable bonds is 4. The summed E-state index contributed by atoms with van der Waals surface area (Å²) < 4.78 is 58.2. The first-order valence-electron chi connectivity index (χ1n) is 11.0. The van der Waals surface area contributed by atoms with Gasteiger partial charge in [0.15, 0.2) is 11.6 Å². The molecule has 1 unspecified atom stereocenters. The van der Waals surface area contributed by atoms with Crippen molar-refractivity contribution in [1.82, 2.24) is 15.3 Å². The SMILES string of the molecule is CN/C(C)=C1\C(=N)C(=O)N(c2ccc3[nH]cnc3c2)C1c1ccc(N2CCC(F)(F)C2)c(F)c1F. The molecule has 2 fully saturated rings. The molecule has 1 aromatic heterocycles.